The van der Waals surface area contributed by atoms with E-state index < -0.39 is 0 Å². The second kappa shape index (κ2) is 8.35. The highest BCUT2D eigenvalue weighted by atomic mass is 19.1. The van der Waals surface area contributed by atoms with Crippen LogP contribution in [-0.4, -0.2) is 70.6 Å². The molecule has 7 nitrogen and oxygen atoms in total. The van der Waals surface area contributed by atoms with Crippen molar-refractivity contribution in [3.63, 3.8) is 0 Å². The van der Waals surface area contributed by atoms with Gasteiger partial charge in [0.05, 0.1) is 24.5 Å². The number of ether oxygens (including phenoxy) is 1. The van der Waals surface area contributed by atoms with E-state index in [1.165, 1.54) is 12.1 Å². The van der Waals surface area contributed by atoms with Gasteiger partial charge in [-0.15, -0.1) is 0 Å². The summed E-state index contributed by atoms with van der Waals surface area (Å²) in [6, 6.07) is 9.87. The summed E-state index contributed by atoms with van der Waals surface area (Å²) < 4.78 is 20.8. The monoisotopic (exact) mass is 436 g/mol. The first-order chi connectivity index (χ1) is 15.5. The Hall–Kier alpha value is -3.26. The number of hydrogen-bond acceptors (Lipinski definition) is 4. The highest BCUT2D eigenvalue weighted by Crippen LogP contribution is 2.30. The number of fused-ring (bicyclic) bond motifs is 1. The van der Waals surface area contributed by atoms with E-state index in [0.29, 0.717) is 56.0 Å². The van der Waals surface area contributed by atoms with Gasteiger partial charge >= 0.3 is 0 Å². The van der Waals surface area contributed by atoms with Crippen molar-refractivity contribution in [2.45, 2.75) is 12.3 Å². The van der Waals surface area contributed by atoms with E-state index in [-0.39, 0.29) is 23.5 Å². The van der Waals surface area contributed by atoms with Gasteiger partial charge < -0.3 is 19.1 Å². The quantitative estimate of drug-likeness (QED) is 0.633. The summed E-state index contributed by atoms with van der Waals surface area (Å²) in [5.74, 6) is -0.455. The van der Waals surface area contributed by atoms with E-state index in [4.69, 9.17) is 4.74 Å². The van der Waals surface area contributed by atoms with Crippen LogP contribution in [0, 0.1) is 5.82 Å². The molecular formula is C24H25FN4O3. The molecule has 1 atom stereocenters. The van der Waals surface area contributed by atoms with Gasteiger partial charge in [0.2, 0.25) is 0 Å². The first-order valence-electron chi connectivity index (χ1n) is 10.9. The maximum absolute atomic E-state index is 13.6. The summed E-state index contributed by atoms with van der Waals surface area (Å²) in [6.07, 6.45) is 2.44. The predicted molar refractivity (Wildman–Crippen MR) is 117 cm³/mol. The van der Waals surface area contributed by atoms with Gasteiger partial charge in [-0.3, -0.25) is 14.6 Å². The molecule has 3 aromatic rings. The SMILES string of the molecule is Cn1c(C(=O)N2CCC(c3ncccc3C(=O)N3CCOCC3)C2)cc2cc(F)ccc21. The summed E-state index contributed by atoms with van der Waals surface area (Å²) in [5.41, 5.74) is 2.69. The lowest BCUT2D eigenvalue weighted by molar-refractivity contribution is 0.0301. The van der Waals surface area contributed by atoms with E-state index in [2.05, 4.69) is 4.98 Å². The Morgan fingerprint density at radius 3 is 2.69 bits per heavy atom. The predicted octanol–water partition coefficient (Wildman–Crippen LogP) is 2.81. The van der Waals surface area contributed by atoms with Gasteiger partial charge in [0.1, 0.15) is 11.5 Å². The molecule has 32 heavy (non-hydrogen) atoms. The van der Waals surface area contributed by atoms with Gasteiger partial charge in [-0.05, 0) is 42.8 Å². The van der Waals surface area contributed by atoms with Crippen LogP contribution in [0.1, 0.15) is 38.9 Å². The van der Waals surface area contributed by atoms with Gasteiger partial charge in [-0.25, -0.2) is 4.39 Å². The Kier molecular flexibility index (Phi) is 5.38. The number of aromatic nitrogens is 2. The number of aryl methyl sites for hydroxylation is 1. The first kappa shape index (κ1) is 20.6. The number of rotatable bonds is 3. The Morgan fingerprint density at radius 1 is 1.06 bits per heavy atom. The summed E-state index contributed by atoms with van der Waals surface area (Å²) in [6.45, 7) is 3.31. The molecule has 2 amide bonds. The summed E-state index contributed by atoms with van der Waals surface area (Å²) >= 11 is 0. The van der Waals surface area contributed by atoms with Crippen LogP contribution in [0.4, 0.5) is 4.39 Å². The van der Waals surface area contributed by atoms with Crippen molar-refractivity contribution >= 4 is 22.7 Å². The zero-order valence-corrected chi connectivity index (χ0v) is 18.0. The standard InChI is InChI=1S/C24H25FN4O3/c1-27-20-5-4-18(25)13-17(20)14-21(27)24(31)29-8-6-16(15-29)22-19(3-2-7-26-22)23(30)28-9-11-32-12-10-28/h2-5,7,13-14,16H,6,8-12,15H2,1H3. The molecule has 2 saturated heterocycles. The largest absolute Gasteiger partial charge is 0.378 e. The topological polar surface area (TPSA) is 67.7 Å². The summed E-state index contributed by atoms with van der Waals surface area (Å²) in [4.78, 5) is 34.5. The molecule has 0 aliphatic carbocycles. The highest BCUT2D eigenvalue weighted by molar-refractivity contribution is 5.99. The number of carbonyl (C=O) groups excluding carboxylic acids is 2. The molecule has 1 aromatic carbocycles. The van der Waals surface area contributed by atoms with E-state index in [1.807, 2.05) is 13.1 Å². The minimum Gasteiger partial charge on any atom is -0.378 e. The number of pyridine rings is 1. The minimum atomic E-state index is -0.323. The van der Waals surface area contributed by atoms with Crippen LogP contribution in [0.15, 0.2) is 42.6 Å². The van der Waals surface area contributed by atoms with Gasteiger partial charge in [-0.1, -0.05) is 0 Å². The summed E-state index contributed by atoms with van der Waals surface area (Å²) in [7, 11) is 1.82. The van der Waals surface area contributed by atoms with Crippen molar-refractivity contribution in [3.8, 4) is 0 Å². The Morgan fingerprint density at radius 2 is 1.88 bits per heavy atom. The van der Waals surface area contributed by atoms with Crippen LogP contribution in [0.25, 0.3) is 10.9 Å². The van der Waals surface area contributed by atoms with Crippen LogP contribution in [0.3, 0.4) is 0 Å². The van der Waals surface area contributed by atoms with Crippen LogP contribution in [-0.2, 0) is 11.8 Å². The number of morpholine rings is 1. The maximum Gasteiger partial charge on any atom is 0.270 e. The van der Waals surface area contributed by atoms with Crippen molar-refractivity contribution in [3.05, 3.63) is 65.4 Å². The first-order valence-corrected chi connectivity index (χ1v) is 10.9. The highest BCUT2D eigenvalue weighted by Gasteiger charge is 2.33. The van der Waals surface area contributed by atoms with Gasteiger partial charge in [0, 0.05) is 56.2 Å². The van der Waals surface area contributed by atoms with Crippen molar-refractivity contribution in [2.75, 3.05) is 39.4 Å². The zero-order valence-electron chi connectivity index (χ0n) is 18.0. The molecule has 166 valence electrons. The van der Waals surface area contributed by atoms with E-state index in [9.17, 15) is 14.0 Å². The molecule has 2 aliphatic rings. The van der Waals surface area contributed by atoms with E-state index >= 15 is 0 Å². The number of nitrogens with zero attached hydrogens (tertiary/aromatic N) is 4. The van der Waals surface area contributed by atoms with Crippen LogP contribution < -0.4 is 0 Å². The van der Waals surface area contributed by atoms with Gasteiger partial charge in [-0.2, -0.15) is 0 Å². The molecule has 0 radical (unpaired) electrons. The molecule has 0 N–H and O–H groups in total. The van der Waals surface area contributed by atoms with E-state index in [0.717, 1.165) is 17.6 Å². The third-order valence-corrected chi connectivity index (χ3v) is 6.45. The Balaban J connectivity index is 1.37. The van der Waals surface area contributed by atoms with Gasteiger partial charge in [0.15, 0.2) is 0 Å². The van der Waals surface area contributed by atoms with E-state index in [1.54, 1.807) is 38.8 Å². The van der Waals surface area contributed by atoms with Crippen molar-refractivity contribution in [1.29, 1.82) is 0 Å². The average Bonchev–Trinajstić information content (AvgIpc) is 3.44. The Labute approximate surface area is 185 Å². The normalized spacial score (nSPS) is 19.0. The smallest absolute Gasteiger partial charge is 0.270 e. The lowest BCUT2D eigenvalue weighted by atomic mass is 9.98. The number of likely N-dealkylation sites (tertiary alicyclic amines) is 1. The lowest BCUT2D eigenvalue weighted by Crippen LogP contribution is -2.41. The third-order valence-electron chi connectivity index (χ3n) is 6.45. The minimum absolute atomic E-state index is 0.00716. The molecule has 2 aliphatic heterocycles. The number of amides is 2. The lowest BCUT2D eigenvalue weighted by Gasteiger charge is -2.28. The maximum atomic E-state index is 13.6. The van der Waals surface area contributed by atoms with Crippen LogP contribution >= 0.6 is 0 Å². The molecule has 0 saturated carbocycles. The van der Waals surface area contributed by atoms with Crippen LogP contribution in [0.5, 0.6) is 0 Å². The van der Waals surface area contributed by atoms with Gasteiger partial charge in [0.25, 0.3) is 11.8 Å². The van der Waals surface area contributed by atoms with Crippen LogP contribution in [0.2, 0.25) is 0 Å². The van der Waals surface area contributed by atoms with Crippen molar-refractivity contribution in [2.24, 2.45) is 7.05 Å². The van der Waals surface area contributed by atoms with Crippen molar-refractivity contribution < 1.29 is 18.7 Å². The molecule has 4 heterocycles. The van der Waals surface area contributed by atoms with Crippen molar-refractivity contribution in [1.82, 2.24) is 19.4 Å². The average molecular weight is 436 g/mol. The zero-order chi connectivity index (χ0) is 22.2. The summed E-state index contributed by atoms with van der Waals surface area (Å²) in [5, 5.41) is 0.703. The molecular weight excluding hydrogens is 411 g/mol. The molecule has 5 rings (SSSR count). The number of hydrogen-bond donors (Lipinski definition) is 0. The second-order valence-electron chi connectivity index (χ2n) is 8.37. The molecule has 8 heteroatoms. The second-order valence-corrected chi connectivity index (χ2v) is 8.37. The molecule has 2 fully saturated rings. The molecule has 0 bridgehead atoms. The molecule has 0 spiro atoms. The number of halogens is 1. The Bertz CT molecular complexity index is 1190. The molecule has 2 aromatic heterocycles. The number of benzene rings is 1. The fourth-order valence-corrected chi connectivity index (χ4v) is 4.72. The third kappa shape index (κ3) is 3.64. The fourth-order valence-electron chi connectivity index (χ4n) is 4.72. The molecule has 1 unspecified atom stereocenters. The number of carbonyl (C=O) groups is 2. The fraction of sp³-hybridized carbons (Fsp3) is 0.375.